The van der Waals surface area contributed by atoms with Gasteiger partial charge in [0.25, 0.3) is 0 Å². The van der Waals surface area contributed by atoms with E-state index in [1.165, 1.54) is 5.69 Å². The largest absolute Gasteiger partial charge is 0.368 e. The number of para-hydroxylation sites is 1. The van der Waals surface area contributed by atoms with Gasteiger partial charge in [-0.05, 0) is 12.1 Å². The molecule has 3 heterocycles. The summed E-state index contributed by atoms with van der Waals surface area (Å²) in [4.78, 5) is 13.1. The van der Waals surface area contributed by atoms with Crippen molar-refractivity contribution in [2.45, 2.75) is 0 Å². The van der Waals surface area contributed by atoms with Gasteiger partial charge in [0, 0.05) is 44.3 Å². The molecule has 0 spiro atoms. The second kappa shape index (κ2) is 6.29. The van der Waals surface area contributed by atoms with Crippen molar-refractivity contribution in [1.82, 2.24) is 20.2 Å². The van der Waals surface area contributed by atoms with Crippen LogP contribution in [0, 0.1) is 0 Å². The number of benzene rings is 1. The van der Waals surface area contributed by atoms with Crippen LogP contribution in [0.15, 0.2) is 48.9 Å². The van der Waals surface area contributed by atoms with E-state index >= 15 is 0 Å². The highest BCUT2D eigenvalue weighted by Gasteiger charge is 2.20. The average molecular weight is 324 g/mol. The van der Waals surface area contributed by atoms with Crippen molar-refractivity contribution in [2.24, 2.45) is 0 Å². The third-order valence-corrected chi connectivity index (χ3v) is 4.87. The molecule has 4 rings (SSSR count). The Morgan fingerprint density at radius 3 is 2.39 bits per heavy atom. The van der Waals surface area contributed by atoms with Gasteiger partial charge in [0.1, 0.15) is 5.69 Å². The first-order chi connectivity index (χ1) is 11.4. The molecule has 0 saturated carbocycles. The Balaban J connectivity index is 1.44. The average Bonchev–Trinajstić information content (AvgIpc) is 3.14. The van der Waals surface area contributed by atoms with Crippen molar-refractivity contribution in [3.05, 3.63) is 48.9 Å². The Labute approximate surface area is 138 Å². The summed E-state index contributed by atoms with van der Waals surface area (Å²) in [6, 6.07) is 10.5. The summed E-state index contributed by atoms with van der Waals surface area (Å²) in [5.74, 6) is 0. The van der Waals surface area contributed by atoms with Gasteiger partial charge in [-0.25, -0.2) is 0 Å². The second-order valence-corrected chi connectivity index (χ2v) is 6.25. The maximum absolute atomic E-state index is 4.32. The van der Waals surface area contributed by atoms with E-state index in [0.29, 0.717) is 0 Å². The zero-order valence-corrected chi connectivity index (χ0v) is 13.4. The van der Waals surface area contributed by atoms with E-state index in [2.05, 4.69) is 60.3 Å². The minimum atomic E-state index is 0.777. The quantitative estimate of drug-likeness (QED) is 0.737. The van der Waals surface area contributed by atoms with Gasteiger partial charge >= 0.3 is 0 Å². The maximum atomic E-state index is 4.32. The van der Waals surface area contributed by atoms with Gasteiger partial charge in [-0.2, -0.15) is 0 Å². The van der Waals surface area contributed by atoms with E-state index in [9.17, 15) is 0 Å². The molecule has 0 N–H and O–H groups in total. The van der Waals surface area contributed by atoms with E-state index in [1.54, 1.807) is 29.9 Å². The zero-order valence-electron chi connectivity index (χ0n) is 12.5. The summed E-state index contributed by atoms with van der Waals surface area (Å²) in [6.45, 7) is 3.88. The number of hydrogen-bond donors (Lipinski definition) is 0. The van der Waals surface area contributed by atoms with Crippen molar-refractivity contribution in [2.75, 3.05) is 36.0 Å². The first-order valence-corrected chi connectivity index (χ1v) is 8.36. The predicted octanol–water partition coefficient (Wildman–Crippen LogP) is 2.32. The van der Waals surface area contributed by atoms with Gasteiger partial charge in [-0.15, -0.1) is 10.2 Å². The molecule has 116 valence electrons. The molecule has 0 radical (unpaired) electrons. The van der Waals surface area contributed by atoms with Crippen LogP contribution < -0.4 is 9.80 Å². The second-order valence-electron chi connectivity index (χ2n) is 5.29. The third kappa shape index (κ3) is 3.00. The monoisotopic (exact) mass is 324 g/mol. The van der Waals surface area contributed by atoms with Crippen molar-refractivity contribution >= 4 is 22.2 Å². The van der Waals surface area contributed by atoms with Gasteiger partial charge < -0.3 is 9.80 Å². The third-order valence-electron chi connectivity index (χ3n) is 3.87. The number of anilines is 2. The molecule has 1 aliphatic rings. The van der Waals surface area contributed by atoms with Gasteiger partial charge in [-0.1, -0.05) is 29.5 Å². The van der Waals surface area contributed by atoms with Crippen LogP contribution in [0.2, 0.25) is 0 Å². The maximum Gasteiger partial charge on any atom is 0.208 e. The highest BCUT2D eigenvalue weighted by Crippen LogP contribution is 2.28. The van der Waals surface area contributed by atoms with Crippen LogP contribution in [-0.2, 0) is 0 Å². The van der Waals surface area contributed by atoms with Crippen LogP contribution >= 0.6 is 11.3 Å². The molecule has 0 amide bonds. The minimum Gasteiger partial charge on any atom is -0.368 e. The Bertz CT molecular complexity index is 753. The molecule has 7 heteroatoms. The number of piperazine rings is 1. The highest BCUT2D eigenvalue weighted by molar-refractivity contribution is 7.18. The fourth-order valence-electron chi connectivity index (χ4n) is 2.65. The molecule has 2 aromatic heterocycles. The van der Waals surface area contributed by atoms with E-state index in [4.69, 9.17) is 0 Å². The summed E-state index contributed by atoms with van der Waals surface area (Å²) in [7, 11) is 0. The summed E-state index contributed by atoms with van der Waals surface area (Å²) in [5.41, 5.74) is 2.06. The molecule has 1 aliphatic heterocycles. The Kier molecular flexibility index (Phi) is 3.85. The summed E-state index contributed by atoms with van der Waals surface area (Å²) < 4.78 is 0. The van der Waals surface area contributed by atoms with Crippen LogP contribution in [0.4, 0.5) is 10.8 Å². The van der Waals surface area contributed by atoms with Crippen LogP contribution in [0.25, 0.3) is 10.7 Å². The fourth-order valence-corrected chi connectivity index (χ4v) is 3.51. The van der Waals surface area contributed by atoms with Crippen LogP contribution in [-0.4, -0.2) is 46.3 Å². The number of aromatic nitrogens is 4. The summed E-state index contributed by atoms with van der Waals surface area (Å²) in [5, 5.41) is 10.3. The molecule has 0 bridgehead atoms. The minimum absolute atomic E-state index is 0.777. The van der Waals surface area contributed by atoms with Gasteiger partial charge in [0.2, 0.25) is 5.13 Å². The van der Waals surface area contributed by atoms with E-state index in [-0.39, 0.29) is 0 Å². The van der Waals surface area contributed by atoms with Crippen molar-refractivity contribution in [3.8, 4) is 10.7 Å². The molecule has 1 saturated heterocycles. The van der Waals surface area contributed by atoms with Crippen molar-refractivity contribution in [1.29, 1.82) is 0 Å². The number of rotatable bonds is 3. The van der Waals surface area contributed by atoms with Crippen LogP contribution in [0.3, 0.4) is 0 Å². The number of hydrogen-bond acceptors (Lipinski definition) is 7. The number of nitrogens with zero attached hydrogens (tertiary/aromatic N) is 6. The predicted molar refractivity (Wildman–Crippen MR) is 91.8 cm³/mol. The van der Waals surface area contributed by atoms with Gasteiger partial charge in [0.05, 0.1) is 6.20 Å². The molecule has 1 fully saturated rings. The summed E-state index contributed by atoms with van der Waals surface area (Å²) >= 11 is 1.57. The lowest BCUT2D eigenvalue weighted by Gasteiger charge is -2.35. The smallest absolute Gasteiger partial charge is 0.208 e. The van der Waals surface area contributed by atoms with E-state index in [0.717, 1.165) is 42.0 Å². The van der Waals surface area contributed by atoms with Crippen LogP contribution in [0.5, 0.6) is 0 Å². The molecule has 0 atom stereocenters. The van der Waals surface area contributed by atoms with Gasteiger partial charge in [0.15, 0.2) is 5.01 Å². The standard InChI is InChI=1S/C16H16N6S/c1-2-4-13(5-3-1)21-8-10-22(11-9-21)16-20-19-15(23-16)14-12-17-6-7-18-14/h1-7,12H,8-11H2. The van der Waals surface area contributed by atoms with Crippen LogP contribution in [0.1, 0.15) is 0 Å². The Hall–Kier alpha value is -2.54. The van der Waals surface area contributed by atoms with Crippen molar-refractivity contribution < 1.29 is 0 Å². The highest BCUT2D eigenvalue weighted by atomic mass is 32.1. The lowest BCUT2D eigenvalue weighted by Crippen LogP contribution is -2.46. The molecular formula is C16H16N6S. The van der Waals surface area contributed by atoms with E-state index < -0.39 is 0 Å². The zero-order chi connectivity index (χ0) is 15.5. The summed E-state index contributed by atoms with van der Waals surface area (Å²) in [6.07, 6.45) is 5.06. The van der Waals surface area contributed by atoms with Gasteiger partial charge in [-0.3, -0.25) is 9.97 Å². The Morgan fingerprint density at radius 1 is 0.870 bits per heavy atom. The molecule has 3 aromatic rings. The first-order valence-electron chi connectivity index (χ1n) is 7.55. The molecule has 0 unspecified atom stereocenters. The molecule has 0 aliphatic carbocycles. The molecule has 6 nitrogen and oxygen atoms in total. The Morgan fingerprint density at radius 2 is 1.65 bits per heavy atom. The fraction of sp³-hybridized carbons (Fsp3) is 0.250. The topological polar surface area (TPSA) is 58.0 Å². The van der Waals surface area contributed by atoms with E-state index in [1.807, 2.05) is 0 Å². The lowest BCUT2D eigenvalue weighted by molar-refractivity contribution is 0.650. The lowest BCUT2D eigenvalue weighted by atomic mass is 10.2. The molecule has 1 aromatic carbocycles. The molecular weight excluding hydrogens is 308 g/mol. The molecule has 23 heavy (non-hydrogen) atoms. The normalized spacial score (nSPS) is 15.0. The van der Waals surface area contributed by atoms with Crippen molar-refractivity contribution in [3.63, 3.8) is 0 Å². The first kappa shape index (κ1) is 14.1. The SMILES string of the molecule is c1ccc(N2CCN(c3nnc(-c4cnccn4)s3)CC2)cc1.